The van der Waals surface area contributed by atoms with Crippen LogP contribution >= 0.6 is 34.7 Å². The number of rotatable bonds is 5. The molecule has 6 heteroatoms. The van der Waals surface area contributed by atoms with Crippen LogP contribution in [0.1, 0.15) is 13.3 Å². The van der Waals surface area contributed by atoms with Gasteiger partial charge in [-0.2, -0.15) is 4.99 Å². The Morgan fingerprint density at radius 2 is 2.04 bits per heavy atom. The van der Waals surface area contributed by atoms with E-state index < -0.39 is 0 Å². The molecule has 0 saturated heterocycles. The maximum atomic E-state index is 12.2. The van der Waals surface area contributed by atoms with Crippen LogP contribution < -0.4 is 4.80 Å². The molecule has 124 valence electrons. The van der Waals surface area contributed by atoms with E-state index in [1.165, 1.54) is 16.2 Å². The zero-order chi connectivity index (χ0) is 16.9. The van der Waals surface area contributed by atoms with Crippen LogP contribution in [-0.2, 0) is 11.3 Å². The maximum absolute atomic E-state index is 12.2. The summed E-state index contributed by atoms with van der Waals surface area (Å²) in [5, 5.41) is 0.698. The van der Waals surface area contributed by atoms with E-state index in [1.54, 1.807) is 11.8 Å². The fraction of sp³-hybridized carbons (Fsp3) is 0.222. The molecule has 2 aromatic carbocycles. The zero-order valence-corrected chi connectivity index (χ0v) is 15.6. The van der Waals surface area contributed by atoms with E-state index in [9.17, 15) is 4.79 Å². The van der Waals surface area contributed by atoms with Crippen molar-refractivity contribution in [3.63, 3.8) is 0 Å². The van der Waals surface area contributed by atoms with E-state index in [4.69, 9.17) is 11.6 Å². The van der Waals surface area contributed by atoms with Gasteiger partial charge < -0.3 is 4.57 Å². The monoisotopic (exact) mass is 376 g/mol. The predicted octanol–water partition coefficient (Wildman–Crippen LogP) is 4.99. The Morgan fingerprint density at radius 3 is 2.79 bits per heavy atom. The lowest BCUT2D eigenvalue weighted by atomic mass is 10.3. The second kappa shape index (κ2) is 8.01. The molecule has 0 spiro atoms. The normalized spacial score (nSPS) is 12.0. The van der Waals surface area contributed by atoms with Gasteiger partial charge in [0.15, 0.2) is 4.80 Å². The summed E-state index contributed by atoms with van der Waals surface area (Å²) < 4.78 is 3.10. The molecule has 1 aromatic heterocycles. The van der Waals surface area contributed by atoms with Crippen molar-refractivity contribution in [2.24, 2.45) is 4.99 Å². The number of halogens is 1. The van der Waals surface area contributed by atoms with Gasteiger partial charge in [-0.05, 0) is 37.3 Å². The molecule has 1 amide bonds. The number of carbonyl (C=O) groups excluding carboxylic acids is 1. The third kappa shape index (κ3) is 4.09. The first-order chi connectivity index (χ1) is 11.7. The summed E-state index contributed by atoms with van der Waals surface area (Å²) in [7, 11) is 0. The Balaban J connectivity index is 1.75. The van der Waals surface area contributed by atoms with Crippen molar-refractivity contribution in [3.8, 4) is 0 Å². The minimum Gasteiger partial charge on any atom is -0.317 e. The average Bonchev–Trinajstić information content (AvgIpc) is 2.91. The van der Waals surface area contributed by atoms with Gasteiger partial charge in [-0.3, -0.25) is 4.79 Å². The predicted molar refractivity (Wildman–Crippen MR) is 103 cm³/mol. The minimum absolute atomic E-state index is 0.0849. The molecule has 3 rings (SSSR count). The lowest BCUT2D eigenvalue weighted by Gasteiger charge is -2.00. The zero-order valence-electron chi connectivity index (χ0n) is 13.2. The second-order valence-electron chi connectivity index (χ2n) is 5.16. The lowest BCUT2D eigenvalue weighted by Crippen LogP contribution is -2.15. The standard InChI is InChI=1S/C18H17ClN2OS2/c1-2-21-15-9-8-13(19)12-16(15)24-18(21)20-17(22)10-11-23-14-6-4-3-5-7-14/h3-9,12H,2,10-11H2,1H3. The number of carbonyl (C=O) groups is 1. The molecule has 0 atom stereocenters. The van der Waals surface area contributed by atoms with E-state index in [-0.39, 0.29) is 5.91 Å². The number of aryl methyl sites for hydroxylation is 1. The molecule has 0 N–H and O–H groups in total. The Labute approximate surface area is 154 Å². The van der Waals surface area contributed by atoms with E-state index >= 15 is 0 Å². The second-order valence-corrected chi connectivity index (χ2v) is 7.77. The van der Waals surface area contributed by atoms with Crippen LogP contribution in [0, 0.1) is 0 Å². The number of thioether (sulfide) groups is 1. The molecule has 0 fully saturated rings. The summed E-state index contributed by atoms with van der Waals surface area (Å²) in [6.07, 6.45) is 0.429. The fourth-order valence-electron chi connectivity index (χ4n) is 2.37. The number of hydrogen-bond acceptors (Lipinski definition) is 3. The molecule has 0 unspecified atom stereocenters. The van der Waals surface area contributed by atoms with Crippen LogP contribution in [0.15, 0.2) is 58.4 Å². The summed E-state index contributed by atoms with van der Waals surface area (Å²) in [6, 6.07) is 15.9. The topological polar surface area (TPSA) is 34.4 Å². The highest BCUT2D eigenvalue weighted by molar-refractivity contribution is 7.99. The Kier molecular flexibility index (Phi) is 5.76. The van der Waals surface area contributed by atoms with E-state index in [2.05, 4.69) is 16.5 Å². The van der Waals surface area contributed by atoms with E-state index in [0.29, 0.717) is 11.4 Å². The highest BCUT2D eigenvalue weighted by Crippen LogP contribution is 2.22. The maximum Gasteiger partial charge on any atom is 0.249 e. The first kappa shape index (κ1) is 17.3. The van der Waals surface area contributed by atoms with Crippen LogP contribution in [0.5, 0.6) is 0 Å². The number of aromatic nitrogens is 1. The highest BCUT2D eigenvalue weighted by Gasteiger charge is 2.07. The average molecular weight is 377 g/mol. The van der Waals surface area contributed by atoms with Gasteiger partial charge in [0, 0.05) is 28.6 Å². The summed E-state index contributed by atoms with van der Waals surface area (Å²) in [5.41, 5.74) is 1.07. The number of fused-ring (bicyclic) bond motifs is 1. The van der Waals surface area contributed by atoms with Crippen molar-refractivity contribution in [1.82, 2.24) is 4.57 Å². The fourth-order valence-corrected chi connectivity index (χ4v) is 4.62. The first-order valence-electron chi connectivity index (χ1n) is 7.71. The summed E-state index contributed by atoms with van der Waals surface area (Å²) in [5.74, 6) is 0.646. The van der Waals surface area contributed by atoms with Gasteiger partial charge in [-0.25, -0.2) is 0 Å². The smallest absolute Gasteiger partial charge is 0.249 e. The van der Waals surface area contributed by atoms with Gasteiger partial charge in [-0.15, -0.1) is 11.8 Å². The molecule has 3 nitrogen and oxygen atoms in total. The molecule has 0 aliphatic heterocycles. The van der Waals surface area contributed by atoms with Gasteiger partial charge >= 0.3 is 0 Å². The van der Waals surface area contributed by atoms with Crippen LogP contribution in [0.2, 0.25) is 5.02 Å². The molecule has 0 aliphatic rings. The quantitative estimate of drug-likeness (QED) is 0.588. The van der Waals surface area contributed by atoms with E-state index in [0.717, 1.165) is 27.3 Å². The first-order valence-corrected chi connectivity index (χ1v) is 9.89. The van der Waals surface area contributed by atoms with Crippen LogP contribution in [0.3, 0.4) is 0 Å². The third-order valence-electron chi connectivity index (χ3n) is 3.51. The van der Waals surface area contributed by atoms with Gasteiger partial charge in [0.05, 0.1) is 10.2 Å². The van der Waals surface area contributed by atoms with Gasteiger partial charge in [-0.1, -0.05) is 41.1 Å². The highest BCUT2D eigenvalue weighted by atomic mass is 35.5. The van der Waals surface area contributed by atoms with Crippen LogP contribution in [0.25, 0.3) is 10.2 Å². The van der Waals surface area contributed by atoms with Crippen molar-refractivity contribution in [3.05, 3.63) is 58.4 Å². The lowest BCUT2D eigenvalue weighted by molar-refractivity contribution is -0.117. The number of amides is 1. The van der Waals surface area contributed by atoms with Crippen molar-refractivity contribution < 1.29 is 4.79 Å². The number of nitrogens with zero attached hydrogens (tertiary/aromatic N) is 2. The Morgan fingerprint density at radius 1 is 1.25 bits per heavy atom. The third-order valence-corrected chi connectivity index (χ3v) is 5.80. The van der Waals surface area contributed by atoms with Gasteiger partial charge in [0.25, 0.3) is 0 Å². The minimum atomic E-state index is -0.0849. The molecular weight excluding hydrogens is 360 g/mol. The Hall–Kier alpha value is -1.56. The summed E-state index contributed by atoms with van der Waals surface area (Å²) >= 11 is 9.23. The molecule has 0 bridgehead atoms. The summed E-state index contributed by atoms with van der Waals surface area (Å²) in [4.78, 5) is 18.4. The van der Waals surface area contributed by atoms with E-state index in [1.807, 2.05) is 48.5 Å². The van der Waals surface area contributed by atoms with Crippen molar-refractivity contribution in [2.45, 2.75) is 24.8 Å². The molecule has 24 heavy (non-hydrogen) atoms. The molecule has 0 saturated carbocycles. The van der Waals surface area contributed by atoms with Crippen LogP contribution in [-0.4, -0.2) is 16.2 Å². The van der Waals surface area contributed by atoms with Crippen molar-refractivity contribution >= 4 is 50.8 Å². The SMILES string of the molecule is CCn1c(=NC(=O)CCSc2ccccc2)sc2cc(Cl)ccc21. The Bertz CT molecular complexity index is 916. The number of hydrogen-bond donors (Lipinski definition) is 0. The number of thiazole rings is 1. The molecule has 0 aliphatic carbocycles. The van der Waals surface area contributed by atoms with Crippen LogP contribution in [0.4, 0.5) is 0 Å². The van der Waals surface area contributed by atoms with Crippen molar-refractivity contribution in [1.29, 1.82) is 0 Å². The van der Waals surface area contributed by atoms with Crippen molar-refractivity contribution in [2.75, 3.05) is 5.75 Å². The molecule has 1 heterocycles. The largest absolute Gasteiger partial charge is 0.317 e. The van der Waals surface area contributed by atoms with Gasteiger partial charge in [0.1, 0.15) is 0 Å². The molecular formula is C18H17ClN2OS2. The summed E-state index contributed by atoms with van der Waals surface area (Å²) in [6.45, 7) is 2.82. The van der Waals surface area contributed by atoms with Gasteiger partial charge in [0.2, 0.25) is 5.91 Å². The number of benzene rings is 2. The molecule has 0 radical (unpaired) electrons. The molecule has 3 aromatic rings.